The first-order valence-corrected chi connectivity index (χ1v) is 11.6. The Kier molecular flexibility index (Phi) is 9.37. The molecule has 0 spiro atoms. The Morgan fingerprint density at radius 1 is 0.969 bits per heavy atom. The lowest BCUT2D eigenvalue weighted by molar-refractivity contribution is 0.370. The van der Waals surface area contributed by atoms with Crippen molar-refractivity contribution in [3.05, 3.63) is 48.3 Å². The first-order valence-electron chi connectivity index (χ1n) is 11.6. The zero-order valence-corrected chi connectivity index (χ0v) is 21.6. The van der Waals surface area contributed by atoms with Crippen molar-refractivity contribution in [1.29, 1.82) is 0 Å². The molecule has 2 aliphatic heterocycles. The van der Waals surface area contributed by atoms with E-state index in [-0.39, 0.29) is 24.0 Å². The fraction of sp³-hybridized carbons (Fsp3) is 0.542. The van der Waals surface area contributed by atoms with Gasteiger partial charge in [-0.15, -0.1) is 24.0 Å². The second-order valence-electron chi connectivity index (χ2n) is 8.53. The number of nitrogens with one attached hydrogen (secondary N) is 1. The van der Waals surface area contributed by atoms with Crippen LogP contribution >= 0.6 is 24.0 Å². The maximum absolute atomic E-state index is 4.93. The van der Waals surface area contributed by atoms with Gasteiger partial charge in [-0.3, -0.25) is 0 Å². The zero-order chi connectivity index (χ0) is 21.5. The number of aliphatic imine (C=N–C) groups is 1. The van der Waals surface area contributed by atoms with Gasteiger partial charge in [0.25, 0.3) is 0 Å². The molecule has 0 aliphatic carbocycles. The average Bonchev–Trinajstić information content (AvgIpc) is 2.83. The lowest BCUT2D eigenvalue weighted by Gasteiger charge is -2.36. The highest BCUT2D eigenvalue weighted by Crippen LogP contribution is 2.23. The molecule has 2 fully saturated rings. The van der Waals surface area contributed by atoms with Crippen molar-refractivity contribution >= 4 is 41.6 Å². The van der Waals surface area contributed by atoms with Crippen LogP contribution in [-0.2, 0) is 6.54 Å². The lowest BCUT2D eigenvalue weighted by atomic mass is 9.99. The van der Waals surface area contributed by atoms with Crippen molar-refractivity contribution in [3.63, 3.8) is 0 Å². The zero-order valence-electron chi connectivity index (χ0n) is 19.3. The fourth-order valence-corrected chi connectivity index (χ4v) is 4.24. The third-order valence-corrected chi connectivity index (χ3v) is 6.25. The van der Waals surface area contributed by atoms with E-state index in [2.05, 4.69) is 68.1 Å². The van der Waals surface area contributed by atoms with Crippen LogP contribution in [0.3, 0.4) is 0 Å². The predicted octanol–water partition coefficient (Wildman–Crippen LogP) is 3.62. The van der Waals surface area contributed by atoms with Gasteiger partial charge in [-0.2, -0.15) is 0 Å². The van der Waals surface area contributed by atoms with Gasteiger partial charge in [0.1, 0.15) is 0 Å². The molecule has 1 aromatic heterocycles. The van der Waals surface area contributed by atoms with Crippen LogP contribution in [0.15, 0.2) is 47.7 Å². The Balaban J connectivity index is 0.00000289. The SMILES string of the molecule is CCNC(=NCc1ccc(N2CCC(C)CC2)cc1)N1CCN(c2ncccn2)CC1.I. The van der Waals surface area contributed by atoms with E-state index in [4.69, 9.17) is 4.99 Å². The summed E-state index contributed by atoms with van der Waals surface area (Å²) in [5, 5.41) is 3.46. The van der Waals surface area contributed by atoms with E-state index in [1.165, 1.54) is 37.2 Å². The first kappa shape index (κ1) is 24.5. The summed E-state index contributed by atoms with van der Waals surface area (Å²) in [6.45, 7) is 12.0. The molecule has 174 valence electrons. The summed E-state index contributed by atoms with van der Waals surface area (Å²) in [4.78, 5) is 20.8. The number of rotatable bonds is 5. The molecule has 2 saturated heterocycles. The van der Waals surface area contributed by atoms with Crippen molar-refractivity contribution in [2.75, 3.05) is 55.6 Å². The van der Waals surface area contributed by atoms with Crippen LogP contribution in [0.4, 0.5) is 11.6 Å². The molecule has 8 heteroatoms. The van der Waals surface area contributed by atoms with E-state index in [0.29, 0.717) is 6.54 Å². The van der Waals surface area contributed by atoms with Crippen LogP contribution in [0, 0.1) is 5.92 Å². The van der Waals surface area contributed by atoms with Gasteiger partial charge >= 0.3 is 0 Å². The van der Waals surface area contributed by atoms with E-state index < -0.39 is 0 Å². The molecule has 0 atom stereocenters. The number of halogens is 1. The smallest absolute Gasteiger partial charge is 0.225 e. The topological polar surface area (TPSA) is 59.9 Å². The first-order chi connectivity index (χ1) is 15.2. The van der Waals surface area contributed by atoms with E-state index in [9.17, 15) is 0 Å². The molecular formula is C24H36IN7. The number of hydrogen-bond donors (Lipinski definition) is 1. The molecule has 0 amide bonds. The molecule has 0 unspecified atom stereocenters. The summed E-state index contributed by atoms with van der Waals surface area (Å²) in [5.74, 6) is 2.66. The quantitative estimate of drug-likeness (QED) is 0.350. The number of benzene rings is 1. The van der Waals surface area contributed by atoms with Gasteiger partial charge in [0.2, 0.25) is 5.95 Å². The molecule has 0 radical (unpaired) electrons. The van der Waals surface area contributed by atoms with Crippen molar-refractivity contribution in [3.8, 4) is 0 Å². The van der Waals surface area contributed by atoms with E-state index in [0.717, 1.165) is 50.5 Å². The Morgan fingerprint density at radius 2 is 1.62 bits per heavy atom. The monoisotopic (exact) mass is 549 g/mol. The van der Waals surface area contributed by atoms with Gasteiger partial charge < -0.3 is 20.0 Å². The van der Waals surface area contributed by atoms with E-state index >= 15 is 0 Å². The highest BCUT2D eigenvalue weighted by molar-refractivity contribution is 14.0. The Hall–Kier alpha value is -2.10. The minimum atomic E-state index is 0. The van der Waals surface area contributed by atoms with Crippen LogP contribution in [0.2, 0.25) is 0 Å². The maximum Gasteiger partial charge on any atom is 0.225 e. The second-order valence-corrected chi connectivity index (χ2v) is 8.53. The van der Waals surface area contributed by atoms with Crippen molar-refractivity contribution < 1.29 is 0 Å². The molecule has 4 rings (SSSR count). The Bertz CT molecular complexity index is 827. The minimum absolute atomic E-state index is 0. The Morgan fingerprint density at radius 3 is 2.25 bits per heavy atom. The highest BCUT2D eigenvalue weighted by atomic mass is 127. The minimum Gasteiger partial charge on any atom is -0.372 e. The molecule has 3 heterocycles. The largest absolute Gasteiger partial charge is 0.372 e. The van der Waals surface area contributed by atoms with Crippen LogP contribution in [0.5, 0.6) is 0 Å². The van der Waals surface area contributed by atoms with Gasteiger partial charge in [-0.1, -0.05) is 19.1 Å². The van der Waals surface area contributed by atoms with Crippen LogP contribution in [-0.4, -0.2) is 66.6 Å². The Labute approximate surface area is 209 Å². The van der Waals surface area contributed by atoms with Gasteiger partial charge in [-0.25, -0.2) is 15.0 Å². The van der Waals surface area contributed by atoms with E-state index in [1.54, 1.807) is 12.4 Å². The molecule has 7 nitrogen and oxygen atoms in total. The molecule has 0 bridgehead atoms. The number of hydrogen-bond acceptors (Lipinski definition) is 5. The highest BCUT2D eigenvalue weighted by Gasteiger charge is 2.21. The summed E-state index contributed by atoms with van der Waals surface area (Å²) in [6, 6.07) is 10.8. The third-order valence-electron chi connectivity index (χ3n) is 6.25. The van der Waals surface area contributed by atoms with Crippen LogP contribution in [0.25, 0.3) is 0 Å². The third kappa shape index (κ3) is 6.46. The summed E-state index contributed by atoms with van der Waals surface area (Å²) in [7, 11) is 0. The number of nitrogens with zero attached hydrogens (tertiary/aromatic N) is 6. The number of guanidine groups is 1. The summed E-state index contributed by atoms with van der Waals surface area (Å²) < 4.78 is 0. The van der Waals surface area contributed by atoms with Gasteiger partial charge in [0, 0.05) is 63.9 Å². The normalized spacial score (nSPS) is 17.8. The van der Waals surface area contributed by atoms with Crippen molar-refractivity contribution in [2.45, 2.75) is 33.2 Å². The van der Waals surface area contributed by atoms with E-state index in [1.807, 2.05) is 6.07 Å². The van der Waals surface area contributed by atoms with Gasteiger partial charge in [-0.05, 0) is 49.4 Å². The molecular weight excluding hydrogens is 513 g/mol. The van der Waals surface area contributed by atoms with Crippen LogP contribution in [0.1, 0.15) is 32.3 Å². The van der Waals surface area contributed by atoms with Crippen molar-refractivity contribution in [2.24, 2.45) is 10.9 Å². The van der Waals surface area contributed by atoms with Crippen LogP contribution < -0.4 is 15.1 Å². The number of piperazine rings is 1. The molecule has 0 saturated carbocycles. The molecule has 1 aromatic carbocycles. The average molecular weight is 550 g/mol. The maximum atomic E-state index is 4.93. The molecule has 1 N–H and O–H groups in total. The summed E-state index contributed by atoms with van der Waals surface area (Å²) in [6.07, 6.45) is 6.19. The lowest BCUT2D eigenvalue weighted by Crippen LogP contribution is -2.52. The van der Waals surface area contributed by atoms with Gasteiger partial charge in [0.05, 0.1) is 6.54 Å². The molecule has 32 heavy (non-hydrogen) atoms. The molecule has 2 aliphatic rings. The fourth-order valence-electron chi connectivity index (χ4n) is 4.24. The second kappa shape index (κ2) is 12.2. The molecule has 2 aromatic rings. The van der Waals surface area contributed by atoms with Crippen molar-refractivity contribution in [1.82, 2.24) is 20.2 Å². The predicted molar refractivity (Wildman–Crippen MR) is 143 cm³/mol. The summed E-state index contributed by atoms with van der Waals surface area (Å²) >= 11 is 0. The summed E-state index contributed by atoms with van der Waals surface area (Å²) in [5.41, 5.74) is 2.59. The standard InChI is InChI=1S/C24H35N7.HI/c1-3-25-23(30-15-17-31(18-16-30)24-26-11-4-12-27-24)28-19-21-5-7-22(8-6-21)29-13-9-20(2)10-14-29;/h4-8,11-12,20H,3,9-10,13-19H2,1-2H3,(H,25,28);1H. The number of piperidine rings is 1. The number of anilines is 2. The van der Waals surface area contributed by atoms with Gasteiger partial charge in [0.15, 0.2) is 5.96 Å². The number of aromatic nitrogens is 2.